The molecule has 0 unspecified atom stereocenters. The number of halogens is 2. The van der Waals surface area contributed by atoms with Crippen LogP contribution in [0.3, 0.4) is 0 Å². The fraction of sp³-hybridized carbons (Fsp3) is 0.533. The van der Waals surface area contributed by atoms with Crippen molar-refractivity contribution in [3.05, 3.63) is 24.3 Å². The number of hydrogen-bond donors (Lipinski definition) is 2. The Hall–Kier alpha value is -1.34. The lowest BCUT2D eigenvalue weighted by Crippen LogP contribution is -2.37. The number of anilines is 1. The Bertz CT molecular complexity index is 498. The molecule has 122 valence electrons. The van der Waals surface area contributed by atoms with E-state index in [4.69, 9.17) is 5.11 Å². The highest BCUT2D eigenvalue weighted by molar-refractivity contribution is 7.99. The first-order valence-electron chi connectivity index (χ1n) is 7.34. The van der Waals surface area contributed by atoms with E-state index in [1.807, 2.05) is 0 Å². The van der Waals surface area contributed by atoms with Crippen molar-refractivity contribution >= 4 is 23.5 Å². The molecule has 0 radical (unpaired) electrons. The van der Waals surface area contributed by atoms with Crippen LogP contribution in [0.2, 0.25) is 0 Å². The van der Waals surface area contributed by atoms with Crippen molar-refractivity contribution in [3.8, 4) is 0 Å². The van der Waals surface area contributed by atoms with E-state index < -0.39 is 5.76 Å². The highest BCUT2D eigenvalue weighted by Crippen LogP contribution is 2.33. The number of aliphatic hydroxyl groups excluding tert-OH is 1. The lowest BCUT2D eigenvalue weighted by Gasteiger charge is -2.23. The van der Waals surface area contributed by atoms with E-state index in [9.17, 15) is 13.6 Å². The molecule has 1 aliphatic carbocycles. The number of amides is 2. The summed E-state index contributed by atoms with van der Waals surface area (Å²) >= 11 is 0.425. The van der Waals surface area contributed by atoms with E-state index >= 15 is 0 Å². The molecule has 7 heteroatoms. The van der Waals surface area contributed by atoms with Crippen molar-refractivity contribution in [3.63, 3.8) is 0 Å². The maximum Gasteiger partial charge on any atom is 0.322 e. The molecule has 0 aliphatic heterocycles. The molecule has 0 aromatic heterocycles. The number of urea groups is 1. The predicted octanol–water partition coefficient (Wildman–Crippen LogP) is 3.77. The molecule has 2 N–H and O–H groups in total. The Morgan fingerprint density at radius 3 is 2.73 bits per heavy atom. The molecular formula is C15H20F2N2O2S. The van der Waals surface area contributed by atoms with Gasteiger partial charge in [0, 0.05) is 24.1 Å². The van der Waals surface area contributed by atoms with Crippen LogP contribution in [0.25, 0.3) is 0 Å². The van der Waals surface area contributed by atoms with Crippen LogP contribution in [0.5, 0.6) is 0 Å². The number of alkyl halides is 2. The SMILES string of the molecule is O=C(Nc1ccccc1SC(F)F)N(CCCCO)C1CC1. The molecule has 0 saturated heterocycles. The van der Waals surface area contributed by atoms with Gasteiger partial charge in [0.05, 0.1) is 5.69 Å². The number of thioether (sulfide) groups is 1. The highest BCUT2D eigenvalue weighted by atomic mass is 32.2. The van der Waals surface area contributed by atoms with Gasteiger partial charge in [0.25, 0.3) is 5.76 Å². The Morgan fingerprint density at radius 2 is 2.09 bits per heavy atom. The zero-order valence-corrected chi connectivity index (χ0v) is 13.0. The third kappa shape index (κ3) is 5.14. The number of aliphatic hydroxyl groups is 1. The number of nitrogens with one attached hydrogen (secondary N) is 1. The Morgan fingerprint density at radius 1 is 1.36 bits per heavy atom. The van der Waals surface area contributed by atoms with Gasteiger partial charge in [-0.15, -0.1) is 0 Å². The summed E-state index contributed by atoms with van der Waals surface area (Å²) in [5, 5.41) is 11.6. The summed E-state index contributed by atoms with van der Waals surface area (Å²) in [5.74, 6) is -2.53. The molecule has 4 nitrogen and oxygen atoms in total. The molecule has 1 fully saturated rings. The van der Waals surface area contributed by atoms with Gasteiger partial charge in [-0.25, -0.2) is 4.79 Å². The van der Waals surface area contributed by atoms with Gasteiger partial charge in [-0.2, -0.15) is 8.78 Å². The summed E-state index contributed by atoms with van der Waals surface area (Å²) in [5.41, 5.74) is 0.408. The van der Waals surface area contributed by atoms with Crippen LogP contribution in [0.15, 0.2) is 29.2 Å². The zero-order valence-electron chi connectivity index (χ0n) is 12.2. The molecule has 1 aromatic rings. The third-order valence-electron chi connectivity index (χ3n) is 3.40. The summed E-state index contributed by atoms with van der Waals surface area (Å²) in [6, 6.07) is 6.54. The largest absolute Gasteiger partial charge is 0.396 e. The summed E-state index contributed by atoms with van der Waals surface area (Å²) in [6.45, 7) is 0.676. The van der Waals surface area contributed by atoms with Gasteiger partial charge >= 0.3 is 6.03 Å². The smallest absolute Gasteiger partial charge is 0.322 e. The fourth-order valence-electron chi connectivity index (χ4n) is 2.19. The van der Waals surface area contributed by atoms with Crippen molar-refractivity contribution in [2.45, 2.75) is 42.4 Å². The lowest BCUT2D eigenvalue weighted by atomic mass is 10.3. The second kappa shape index (κ2) is 8.33. The highest BCUT2D eigenvalue weighted by Gasteiger charge is 2.32. The monoisotopic (exact) mass is 330 g/mol. The Kier molecular flexibility index (Phi) is 6.45. The van der Waals surface area contributed by atoms with E-state index in [1.54, 1.807) is 29.2 Å². The van der Waals surface area contributed by atoms with Crippen LogP contribution in [0.1, 0.15) is 25.7 Å². The van der Waals surface area contributed by atoms with Gasteiger partial charge in [0.1, 0.15) is 0 Å². The maximum atomic E-state index is 12.6. The van der Waals surface area contributed by atoms with Crippen LogP contribution in [0, 0.1) is 0 Å². The van der Waals surface area contributed by atoms with Gasteiger partial charge < -0.3 is 15.3 Å². The van der Waals surface area contributed by atoms with Crippen LogP contribution in [-0.4, -0.2) is 41.0 Å². The van der Waals surface area contributed by atoms with E-state index in [0.29, 0.717) is 35.3 Å². The fourth-order valence-corrected chi connectivity index (χ4v) is 2.78. The standard InChI is InChI=1S/C15H20F2N2O2S/c16-14(17)22-13-6-2-1-5-12(13)18-15(21)19(11-7-8-11)9-3-4-10-20/h1-2,5-6,11,14,20H,3-4,7-10H2,(H,18,21). The minimum Gasteiger partial charge on any atom is -0.396 e. The molecule has 2 amide bonds. The number of unbranched alkanes of at least 4 members (excludes halogenated alkanes) is 1. The molecule has 1 aromatic carbocycles. The minimum atomic E-state index is -2.53. The molecule has 22 heavy (non-hydrogen) atoms. The molecule has 0 atom stereocenters. The molecule has 2 rings (SSSR count). The number of hydrogen-bond acceptors (Lipinski definition) is 3. The lowest BCUT2D eigenvalue weighted by molar-refractivity contribution is 0.204. The van der Waals surface area contributed by atoms with Crippen LogP contribution >= 0.6 is 11.8 Å². The van der Waals surface area contributed by atoms with Crippen LogP contribution < -0.4 is 5.32 Å². The topological polar surface area (TPSA) is 52.6 Å². The first kappa shape index (κ1) is 17.0. The molecule has 0 heterocycles. The minimum absolute atomic E-state index is 0.105. The number of carbonyl (C=O) groups excluding carboxylic acids is 1. The van der Waals surface area contributed by atoms with E-state index in [0.717, 1.165) is 19.3 Å². The number of carbonyl (C=O) groups is 1. The second-order valence-electron chi connectivity index (χ2n) is 5.16. The van der Waals surface area contributed by atoms with Crippen molar-refractivity contribution in [1.82, 2.24) is 4.90 Å². The first-order chi connectivity index (χ1) is 10.6. The summed E-state index contributed by atoms with van der Waals surface area (Å²) in [4.78, 5) is 14.5. The molecule has 0 spiro atoms. The van der Waals surface area contributed by atoms with E-state index in [2.05, 4.69) is 5.32 Å². The molecule has 0 bridgehead atoms. The first-order valence-corrected chi connectivity index (χ1v) is 8.22. The summed E-state index contributed by atoms with van der Waals surface area (Å²) in [6.07, 6.45) is 3.32. The number of rotatable bonds is 8. The van der Waals surface area contributed by atoms with Crippen molar-refractivity contribution in [2.75, 3.05) is 18.5 Å². The Balaban J connectivity index is 2.00. The summed E-state index contributed by atoms with van der Waals surface area (Å²) < 4.78 is 25.1. The van der Waals surface area contributed by atoms with Gasteiger partial charge in [-0.1, -0.05) is 23.9 Å². The van der Waals surface area contributed by atoms with E-state index in [-0.39, 0.29) is 18.7 Å². The second-order valence-corrected chi connectivity index (χ2v) is 6.19. The van der Waals surface area contributed by atoms with Gasteiger partial charge in [-0.3, -0.25) is 0 Å². The van der Waals surface area contributed by atoms with Gasteiger partial charge in [0.15, 0.2) is 0 Å². The maximum absolute atomic E-state index is 12.6. The van der Waals surface area contributed by atoms with Crippen molar-refractivity contribution < 1.29 is 18.7 Å². The van der Waals surface area contributed by atoms with Crippen LogP contribution in [0.4, 0.5) is 19.3 Å². The number of benzene rings is 1. The normalized spacial score (nSPS) is 14.2. The molecular weight excluding hydrogens is 310 g/mol. The Labute approximate surface area is 132 Å². The number of nitrogens with zero attached hydrogens (tertiary/aromatic N) is 1. The van der Waals surface area contributed by atoms with Crippen molar-refractivity contribution in [2.24, 2.45) is 0 Å². The predicted molar refractivity (Wildman–Crippen MR) is 83.4 cm³/mol. The van der Waals surface area contributed by atoms with Gasteiger partial charge in [-0.05, 0) is 37.8 Å². The zero-order chi connectivity index (χ0) is 15.9. The third-order valence-corrected chi connectivity index (χ3v) is 4.19. The molecule has 1 saturated carbocycles. The summed E-state index contributed by atoms with van der Waals surface area (Å²) in [7, 11) is 0. The molecule has 1 aliphatic rings. The number of para-hydroxylation sites is 1. The van der Waals surface area contributed by atoms with Crippen molar-refractivity contribution in [1.29, 1.82) is 0 Å². The average molecular weight is 330 g/mol. The van der Waals surface area contributed by atoms with Gasteiger partial charge in [0.2, 0.25) is 0 Å². The van der Waals surface area contributed by atoms with Crippen LogP contribution in [-0.2, 0) is 0 Å². The quantitative estimate of drug-likeness (QED) is 0.563. The van der Waals surface area contributed by atoms with E-state index in [1.165, 1.54) is 0 Å². The average Bonchev–Trinajstić information content (AvgIpc) is 3.29.